The average molecular weight is 163 g/mol. The fourth-order valence-electron chi connectivity index (χ4n) is 1.44. The summed E-state index contributed by atoms with van der Waals surface area (Å²) in [6.07, 6.45) is 2.36. The van der Waals surface area contributed by atoms with Gasteiger partial charge in [-0.1, -0.05) is 12.1 Å². The molecule has 0 saturated carbocycles. The molecule has 1 heterocycles. The van der Waals surface area contributed by atoms with Gasteiger partial charge in [0.25, 0.3) is 0 Å². The summed E-state index contributed by atoms with van der Waals surface area (Å²) in [5, 5.41) is 12.4. The second-order valence-electron chi connectivity index (χ2n) is 3.31. The van der Waals surface area contributed by atoms with Gasteiger partial charge in [0, 0.05) is 6.04 Å². The van der Waals surface area contributed by atoms with Crippen molar-refractivity contribution < 1.29 is 5.11 Å². The van der Waals surface area contributed by atoms with E-state index < -0.39 is 0 Å². The van der Waals surface area contributed by atoms with Gasteiger partial charge in [0.15, 0.2) is 0 Å². The number of aromatic hydroxyl groups is 1. The van der Waals surface area contributed by atoms with Gasteiger partial charge in [-0.2, -0.15) is 0 Å². The van der Waals surface area contributed by atoms with Gasteiger partial charge in [-0.15, -0.1) is 0 Å². The van der Waals surface area contributed by atoms with Crippen molar-refractivity contribution in [3.63, 3.8) is 0 Å². The predicted molar refractivity (Wildman–Crippen MR) is 48.2 cm³/mol. The Morgan fingerprint density at radius 1 is 1.33 bits per heavy atom. The lowest BCUT2D eigenvalue weighted by Gasteiger charge is -2.27. The molecule has 0 bridgehead atoms. The van der Waals surface area contributed by atoms with Gasteiger partial charge in [-0.25, -0.2) is 0 Å². The minimum Gasteiger partial charge on any atom is -0.508 e. The molecule has 64 valence electrons. The maximum Gasteiger partial charge on any atom is 0.115 e. The predicted octanol–water partition coefficient (Wildman–Crippen LogP) is 1.30. The lowest BCUT2D eigenvalue weighted by molar-refractivity contribution is 0.369. The smallest absolute Gasteiger partial charge is 0.115 e. The summed E-state index contributed by atoms with van der Waals surface area (Å²) in [6.45, 7) is 1.16. The lowest BCUT2D eigenvalue weighted by Crippen LogP contribution is -2.44. The molecule has 1 atom stereocenters. The number of nitrogens with one attached hydrogen (secondary N) is 1. The van der Waals surface area contributed by atoms with E-state index in [9.17, 15) is 0 Å². The molecular formula is C10H13NO. The van der Waals surface area contributed by atoms with Crippen molar-refractivity contribution >= 4 is 0 Å². The SMILES string of the molecule is Oc1ccc(CC2CCN2)cc1. The molecule has 2 rings (SSSR count). The Bertz CT molecular complexity index is 251. The van der Waals surface area contributed by atoms with E-state index in [1.807, 2.05) is 12.1 Å². The molecule has 0 amide bonds. The van der Waals surface area contributed by atoms with Crippen LogP contribution in [0.5, 0.6) is 5.75 Å². The van der Waals surface area contributed by atoms with Gasteiger partial charge < -0.3 is 10.4 Å². The molecule has 2 N–H and O–H groups in total. The van der Waals surface area contributed by atoms with E-state index in [2.05, 4.69) is 5.32 Å². The third kappa shape index (κ3) is 1.59. The van der Waals surface area contributed by atoms with Crippen LogP contribution in [0.15, 0.2) is 24.3 Å². The van der Waals surface area contributed by atoms with Crippen molar-refractivity contribution in [3.05, 3.63) is 29.8 Å². The zero-order valence-electron chi connectivity index (χ0n) is 6.96. The van der Waals surface area contributed by atoms with Crippen LogP contribution in [0, 0.1) is 0 Å². The van der Waals surface area contributed by atoms with Crippen molar-refractivity contribution in [1.82, 2.24) is 5.32 Å². The number of benzene rings is 1. The summed E-state index contributed by atoms with van der Waals surface area (Å²) >= 11 is 0. The fraction of sp³-hybridized carbons (Fsp3) is 0.400. The molecule has 1 saturated heterocycles. The van der Waals surface area contributed by atoms with Crippen molar-refractivity contribution in [2.45, 2.75) is 18.9 Å². The Hall–Kier alpha value is -1.02. The fourth-order valence-corrected chi connectivity index (χ4v) is 1.44. The minimum absolute atomic E-state index is 0.348. The molecule has 12 heavy (non-hydrogen) atoms. The van der Waals surface area contributed by atoms with Gasteiger partial charge >= 0.3 is 0 Å². The maximum atomic E-state index is 9.05. The third-order valence-electron chi connectivity index (χ3n) is 2.34. The molecule has 2 heteroatoms. The number of hydrogen-bond acceptors (Lipinski definition) is 2. The van der Waals surface area contributed by atoms with Crippen molar-refractivity contribution in [1.29, 1.82) is 0 Å². The number of phenolic OH excluding ortho intramolecular Hbond substituents is 1. The number of hydrogen-bond donors (Lipinski definition) is 2. The highest BCUT2D eigenvalue weighted by Gasteiger charge is 2.15. The number of rotatable bonds is 2. The molecular weight excluding hydrogens is 150 g/mol. The molecule has 1 aromatic carbocycles. The summed E-state index contributed by atoms with van der Waals surface area (Å²) in [5.74, 6) is 0.348. The molecule has 0 spiro atoms. The van der Waals surface area contributed by atoms with Crippen LogP contribution in [0.4, 0.5) is 0 Å². The zero-order chi connectivity index (χ0) is 8.39. The summed E-state index contributed by atoms with van der Waals surface area (Å²) < 4.78 is 0. The van der Waals surface area contributed by atoms with E-state index in [-0.39, 0.29) is 0 Å². The third-order valence-corrected chi connectivity index (χ3v) is 2.34. The molecule has 1 aromatic rings. The first kappa shape index (κ1) is 7.62. The van der Waals surface area contributed by atoms with Gasteiger partial charge in [-0.3, -0.25) is 0 Å². The molecule has 2 nitrogen and oxygen atoms in total. The molecule has 0 radical (unpaired) electrons. The van der Waals surface area contributed by atoms with Crippen molar-refractivity contribution in [2.75, 3.05) is 6.54 Å². The van der Waals surface area contributed by atoms with Crippen LogP contribution >= 0.6 is 0 Å². The molecule has 1 aliphatic heterocycles. The Morgan fingerprint density at radius 3 is 2.50 bits per heavy atom. The van der Waals surface area contributed by atoms with E-state index in [4.69, 9.17) is 5.11 Å². The van der Waals surface area contributed by atoms with Crippen molar-refractivity contribution in [3.8, 4) is 5.75 Å². The number of phenols is 1. The van der Waals surface area contributed by atoms with Crippen LogP contribution in [-0.4, -0.2) is 17.7 Å². The average Bonchev–Trinajstić information content (AvgIpc) is 2.00. The first-order valence-electron chi connectivity index (χ1n) is 4.36. The van der Waals surface area contributed by atoms with Gasteiger partial charge in [0.1, 0.15) is 5.75 Å². The molecule has 1 aliphatic rings. The standard InChI is InChI=1S/C10H13NO/c12-10-3-1-8(2-4-10)7-9-5-6-11-9/h1-4,9,11-12H,5-7H2. The lowest BCUT2D eigenvalue weighted by atomic mass is 9.98. The van der Waals surface area contributed by atoms with E-state index in [0.717, 1.165) is 13.0 Å². The molecule has 0 aromatic heterocycles. The van der Waals surface area contributed by atoms with Gasteiger partial charge in [0.05, 0.1) is 0 Å². The van der Waals surface area contributed by atoms with Gasteiger partial charge in [-0.05, 0) is 37.1 Å². The maximum absolute atomic E-state index is 9.05. The van der Waals surface area contributed by atoms with Crippen LogP contribution in [0.1, 0.15) is 12.0 Å². The summed E-state index contributed by atoms with van der Waals surface area (Å²) in [6, 6.07) is 8.11. The first-order valence-corrected chi connectivity index (χ1v) is 4.36. The second-order valence-corrected chi connectivity index (χ2v) is 3.31. The van der Waals surface area contributed by atoms with E-state index in [1.54, 1.807) is 12.1 Å². The van der Waals surface area contributed by atoms with Crippen molar-refractivity contribution in [2.24, 2.45) is 0 Å². The highest BCUT2D eigenvalue weighted by molar-refractivity contribution is 5.26. The zero-order valence-corrected chi connectivity index (χ0v) is 6.96. The van der Waals surface area contributed by atoms with Crippen LogP contribution < -0.4 is 5.32 Å². The highest BCUT2D eigenvalue weighted by atomic mass is 16.3. The molecule has 1 fully saturated rings. The minimum atomic E-state index is 0.348. The second kappa shape index (κ2) is 3.15. The van der Waals surface area contributed by atoms with Crippen LogP contribution in [-0.2, 0) is 6.42 Å². The van der Waals surface area contributed by atoms with E-state index in [1.165, 1.54) is 12.0 Å². The van der Waals surface area contributed by atoms with Crippen LogP contribution in [0.3, 0.4) is 0 Å². The topological polar surface area (TPSA) is 32.3 Å². The highest BCUT2D eigenvalue weighted by Crippen LogP contribution is 2.14. The largest absolute Gasteiger partial charge is 0.508 e. The Labute approximate surface area is 72.2 Å². The van der Waals surface area contributed by atoms with E-state index >= 15 is 0 Å². The first-order chi connectivity index (χ1) is 5.84. The summed E-state index contributed by atoms with van der Waals surface area (Å²) in [7, 11) is 0. The van der Waals surface area contributed by atoms with E-state index in [0.29, 0.717) is 11.8 Å². The quantitative estimate of drug-likeness (QED) is 0.688. The summed E-state index contributed by atoms with van der Waals surface area (Å²) in [4.78, 5) is 0. The van der Waals surface area contributed by atoms with Crippen LogP contribution in [0.2, 0.25) is 0 Å². The Morgan fingerprint density at radius 2 is 2.00 bits per heavy atom. The monoisotopic (exact) mass is 163 g/mol. The normalized spacial score (nSPS) is 21.8. The Kier molecular flexibility index (Phi) is 2.00. The molecule has 1 unspecified atom stereocenters. The Balaban J connectivity index is 1.98. The summed E-state index contributed by atoms with van der Waals surface area (Å²) in [5.41, 5.74) is 1.30. The van der Waals surface area contributed by atoms with Gasteiger partial charge in [0.2, 0.25) is 0 Å². The van der Waals surface area contributed by atoms with Crippen LogP contribution in [0.25, 0.3) is 0 Å². The molecule has 0 aliphatic carbocycles.